The standard InChI is InChI=1S/C13H22O5S/c14-12(15)11(10-4-7-19(17,18)9-10)8-13(16)5-2-1-3-6-13/h10-11,16H,1-9H2,(H,14,15). The zero-order valence-corrected chi connectivity index (χ0v) is 11.9. The summed E-state index contributed by atoms with van der Waals surface area (Å²) in [6.45, 7) is 0. The Morgan fingerprint density at radius 3 is 2.37 bits per heavy atom. The van der Waals surface area contributed by atoms with Crippen LogP contribution in [0.4, 0.5) is 0 Å². The third-order valence-electron chi connectivity index (χ3n) is 4.54. The molecule has 2 atom stereocenters. The number of carboxylic acids is 1. The Labute approximate surface area is 113 Å². The molecule has 0 amide bonds. The fourth-order valence-corrected chi connectivity index (χ4v) is 5.30. The Balaban J connectivity index is 2.06. The highest BCUT2D eigenvalue weighted by Gasteiger charge is 2.42. The van der Waals surface area contributed by atoms with E-state index in [2.05, 4.69) is 0 Å². The molecular formula is C13H22O5S. The molecule has 1 saturated carbocycles. The van der Waals surface area contributed by atoms with Crippen LogP contribution in [0.15, 0.2) is 0 Å². The van der Waals surface area contributed by atoms with E-state index in [4.69, 9.17) is 0 Å². The minimum Gasteiger partial charge on any atom is -0.481 e. The van der Waals surface area contributed by atoms with Crippen molar-refractivity contribution in [2.24, 2.45) is 11.8 Å². The first-order valence-corrected chi connectivity index (χ1v) is 8.79. The first kappa shape index (κ1) is 14.8. The van der Waals surface area contributed by atoms with Crippen LogP contribution < -0.4 is 0 Å². The molecule has 1 aliphatic heterocycles. The number of aliphatic hydroxyl groups is 1. The van der Waals surface area contributed by atoms with Crippen LogP contribution in [-0.4, -0.2) is 41.7 Å². The first-order valence-electron chi connectivity index (χ1n) is 6.97. The van der Waals surface area contributed by atoms with Gasteiger partial charge in [-0.25, -0.2) is 8.42 Å². The molecule has 2 rings (SSSR count). The van der Waals surface area contributed by atoms with Crippen LogP contribution in [0.3, 0.4) is 0 Å². The molecule has 0 aromatic carbocycles. The van der Waals surface area contributed by atoms with Gasteiger partial charge >= 0.3 is 5.97 Å². The predicted molar refractivity (Wildman–Crippen MR) is 70.5 cm³/mol. The summed E-state index contributed by atoms with van der Waals surface area (Å²) in [6.07, 6.45) is 4.81. The van der Waals surface area contributed by atoms with Crippen LogP contribution in [-0.2, 0) is 14.6 Å². The van der Waals surface area contributed by atoms with Crippen molar-refractivity contribution in [3.05, 3.63) is 0 Å². The van der Waals surface area contributed by atoms with Gasteiger partial charge in [0.05, 0.1) is 23.0 Å². The van der Waals surface area contributed by atoms with Gasteiger partial charge in [-0.1, -0.05) is 19.3 Å². The Kier molecular flexibility index (Phi) is 4.20. The summed E-state index contributed by atoms with van der Waals surface area (Å²) in [5.41, 5.74) is -0.909. The van der Waals surface area contributed by atoms with Gasteiger partial charge in [-0.15, -0.1) is 0 Å². The summed E-state index contributed by atoms with van der Waals surface area (Å²) in [5.74, 6) is -2.00. The molecule has 1 saturated heterocycles. The van der Waals surface area contributed by atoms with Crippen molar-refractivity contribution >= 4 is 15.8 Å². The number of carbonyl (C=O) groups is 1. The molecule has 1 heterocycles. The molecule has 19 heavy (non-hydrogen) atoms. The second kappa shape index (κ2) is 5.40. The van der Waals surface area contributed by atoms with Gasteiger partial charge in [0.1, 0.15) is 0 Å². The fraction of sp³-hybridized carbons (Fsp3) is 0.923. The van der Waals surface area contributed by atoms with Crippen molar-refractivity contribution in [3.63, 3.8) is 0 Å². The second-order valence-electron chi connectivity index (χ2n) is 6.10. The number of rotatable bonds is 4. The monoisotopic (exact) mass is 290 g/mol. The SMILES string of the molecule is O=C(O)C(CC1(O)CCCCC1)C1CCS(=O)(=O)C1. The van der Waals surface area contributed by atoms with E-state index < -0.39 is 27.3 Å². The van der Waals surface area contributed by atoms with Gasteiger partial charge in [0, 0.05) is 0 Å². The van der Waals surface area contributed by atoms with Crippen LogP contribution in [0.2, 0.25) is 0 Å². The van der Waals surface area contributed by atoms with Crippen LogP contribution in [0.5, 0.6) is 0 Å². The summed E-state index contributed by atoms with van der Waals surface area (Å²) in [7, 11) is -3.08. The molecule has 110 valence electrons. The van der Waals surface area contributed by atoms with Gasteiger partial charge in [-0.3, -0.25) is 4.79 Å². The summed E-state index contributed by atoms with van der Waals surface area (Å²) >= 11 is 0. The lowest BCUT2D eigenvalue weighted by Gasteiger charge is -2.35. The highest BCUT2D eigenvalue weighted by atomic mass is 32.2. The maximum absolute atomic E-state index is 11.5. The minimum absolute atomic E-state index is 0.0416. The van der Waals surface area contributed by atoms with E-state index in [9.17, 15) is 23.4 Å². The fourth-order valence-electron chi connectivity index (χ4n) is 3.42. The topological polar surface area (TPSA) is 91.7 Å². The lowest BCUT2D eigenvalue weighted by Crippen LogP contribution is -2.38. The highest BCUT2D eigenvalue weighted by Crippen LogP contribution is 2.38. The molecule has 2 aliphatic rings. The van der Waals surface area contributed by atoms with Crippen molar-refractivity contribution in [1.29, 1.82) is 0 Å². The molecule has 6 heteroatoms. The van der Waals surface area contributed by atoms with Gasteiger partial charge in [-0.05, 0) is 31.6 Å². The molecule has 0 aromatic heterocycles. The van der Waals surface area contributed by atoms with Crippen molar-refractivity contribution in [1.82, 2.24) is 0 Å². The molecule has 0 radical (unpaired) electrons. The van der Waals surface area contributed by atoms with Gasteiger partial charge in [0.2, 0.25) is 0 Å². The Hall–Kier alpha value is -0.620. The molecule has 2 fully saturated rings. The Bertz CT molecular complexity index is 436. The molecule has 0 bridgehead atoms. The number of sulfone groups is 1. The van der Waals surface area contributed by atoms with Crippen molar-refractivity contribution in [2.45, 2.75) is 50.5 Å². The summed E-state index contributed by atoms with van der Waals surface area (Å²) < 4.78 is 23.0. The smallest absolute Gasteiger partial charge is 0.306 e. The molecule has 2 unspecified atom stereocenters. The minimum atomic E-state index is -3.08. The quantitative estimate of drug-likeness (QED) is 0.812. The normalized spacial score (nSPS) is 30.9. The van der Waals surface area contributed by atoms with Gasteiger partial charge < -0.3 is 10.2 Å². The number of hydrogen-bond acceptors (Lipinski definition) is 4. The summed E-state index contributed by atoms with van der Waals surface area (Å²) in [5, 5.41) is 19.8. The van der Waals surface area contributed by atoms with Crippen molar-refractivity contribution in [2.75, 3.05) is 11.5 Å². The van der Waals surface area contributed by atoms with Crippen LogP contribution in [0, 0.1) is 11.8 Å². The van der Waals surface area contributed by atoms with E-state index in [0.29, 0.717) is 19.3 Å². The van der Waals surface area contributed by atoms with E-state index in [1.807, 2.05) is 0 Å². The van der Waals surface area contributed by atoms with E-state index in [0.717, 1.165) is 19.3 Å². The van der Waals surface area contributed by atoms with Crippen molar-refractivity contribution < 1.29 is 23.4 Å². The Morgan fingerprint density at radius 2 is 1.89 bits per heavy atom. The average Bonchev–Trinajstić information content (AvgIpc) is 2.67. The molecular weight excluding hydrogens is 268 g/mol. The molecule has 2 N–H and O–H groups in total. The van der Waals surface area contributed by atoms with E-state index in [1.54, 1.807) is 0 Å². The Morgan fingerprint density at radius 1 is 1.26 bits per heavy atom. The average molecular weight is 290 g/mol. The lowest BCUT2D eigenvalue weighted by molar-refractivity contribution is -0.147. The van der Waals surface area contributed by atoms with Gasteiger partial charge in [-0.2, -0.15) is 0 Å². The largest absolute Gasteiger partial charge is 0.481 e. The zero-order chi connectivity index (χ0) is 14.1. The molecule has 1 aliphatic carbocycles. The molecule has 0 aromatic rings. The molecule has 5 nitrogen and oxygen atoms in total. The number of aliphatic carboxylic acids is 1. The first-order chi connectivity index (χ1) is 8.81. The predicted octanol–water partition coefficient (Wildman–Crippen LogP) is 1.21. The van der Waals surface area contributed by atoms with Crippen LogP contribution in [0.1, 0.15) is 44.9 Å². The maximum atomic E-state index is 11.5. The zero-order valence-electron chi connectivity index (χ0n) is 11.0. The lowest BCUT2D eigenvalue weighted by atomic mass is 9.75. The maximum Gasteiger partial charge on any atom is 0.306 e. The highest BCUT2D eigenvalue weighted by molar-refractivity contribution is 7.91. The van der Waals surface area contributed by atoms with E-state index >= 15 is 0 Å². The van der Waals surface area contributed by atoms with E-state index in [1.165, 1.54) is 0 Å². The third kappa shape index (κ3) is 3.69. The third-order valence-corrected chi connectivity index (χ3v) is 6.33. The van der Waals surface area contributed by atoms with Crippen molar-refractivity contribution in [3.8, 4) is 0 Å². The van der Waals surface area contributed by atoms with Gasteiger partial charge in [0.25, 0.3) is 0 Å². The molecule has 0 spiro atoms. The van der Waals surface area contributed by atoms with E-state index in [-0.39, 0.29) is 23.8 Å². The van der Waals surface area contributed by atoms with Crippen LogP contribution in [0.25, 0.3) is 0 Å². The number of carboxylic acid groups (broad SMARTS) is 1. The number of hydrogen-bond donors (Lipinski definition) is 2. The summed E-state index contributed by atoms with van der Waals surface area (Å²) in [6, 6.07) is 0. The van der Waals surface area contributed by atoms with Crippen LogP contribution >= 0.6 is 0 Å². The summed E-state index contributed by atoms with van der Waals surface area (Å²) in [4.78, 5) is 11.4. The second-order valence-corrected chi connectivity index (χ2v) is 8.33. The van der Waals surface area contributed by atoms with Gasteiger partial charge in [0.15, 0.2) is 9.84 Å².